The van der Waals surface area contributed by atoms with Gasteiger partial charge >= 0.3 is 0 Å². The van der Waals surface area contributed by atoms with Gasteiger partial charge in [-0.2, -0.15) is 0 Å². The lowest BCUT2D eigenvalue weighted by Gasteiger charge is -2.47. The summed E-state index contributed by atoms with van der Waals surface area (Å²) < 4.78 is 6.43. The molecule has 1 N–H and O–H groups in total. The van der Waals surface area contributed by atoms with E-state index >= 15 is 0 Å². The Labute approximate surface area is 321 Å². The highest BCUT2D eigenvalue weighted by Gasteiger charge is 2.56. The van der Waals surface area contributed by atoms with Gasteiger partial charge in [0.2, 0.25) is 0 Å². The van der Waals surface area contributed by atoms with Crippen LogP contribution in [-0.2, 0) is 0 Å². The average molecular weight is 713 g/mol. The fraction of sp³-hybridized carbons (Fsp3) is 0.529. The van der Waals surface area contributed by atoms with E-state index in [1.165, 1.54) is 62.0 Å². The second-order valence-electron chi connectivity index (χ2n) is 18.2. The number of hydrogen-bond donors (Lipinski definition) is 1. The highest BCUT2D eigenvalue weighted by molar-refractivity contribution is 6.05. The lowest BCUT2D eigenvalue weighted by atomic mass is 9.57. The Kier molecular flexibility index (Phi) is 11.2. The second kappa shape index (κ2) is 15.1. The molecule has 2 nitrogen and oxygen atoms in total. The molecule has 1 fully saturated rings. The van der Waals surface area contributed by atoms with Crippen LogP contribution in [0.1, 0.15) is 144 Å². The molecule has 5 aromatic carbocycles. The van der Waals surface area contributed by atoms with Gasteiger partial charge in [-0.25, -0.2) is 0 Å². The summed E-state index contributed by atoms with van der Waals surface area (Å²) in [6.45, 7) is 27.1. The Morgan fingerprint density at radius 3 is 1.94 bits per heavy atom. The predicted molar refractivity (Wildman–Crippen MR) is 230 cm³/mol. The number of aliphatic hydroxyl groups excluding tert-OH is 1. The van der Waals surface area contributed by atoms with Gasteiger partial charge in [-0.3, -0.25) is 0 Å². The van der Waals surface area contributed by atoms with Gasteiger partial charge in [0.25, 0.3) is 0 Å². The van der Waals surface area contributed by atoms with Crippen molar-refractivity contribution < 1.29 is 9.84 Å². The monoisotopic (exact) mass is 713 g/mol. The second-order valence-corrected chi connectivity index (χ2v) is 18.2. The van der Waals surface area contributed by atoms with Crippen molar-refractivity contribution in [1.82, 2.24) is 0 Å². The summed E-state index contributed by atoms with van der Waals surface area (Å²) in [7, 11) is 0. The molecule has 5 aromatic rings. The topological polar surface area (TPSA) is 29.5 Å². The molecule has 0 bridgehead atoms. The first-order chi connectivity index (χ1) is 25.3. The normalized spacial score (nSPS) is 19.2. The smallest absolute Gasteiger partial charge is 0.127 e. The van der Waals surface area contributed by atoms with E-state index in [0.717, 1.165) is 43.2 Å². The zero-order valence-corrected chi connectivity index (χ0v) is 35.0. The van der Waals surface area contributed by atoms with Crippen molar-refractivity contribution in [3.05, 3.63) is 90.0 Å². The Morgan fingerprint density at radius 2 is 1.32 bits per heavy atom. The summed E-state index contributed by atoms with van der Waals surface area (Å²) in [4.78, 5) is 0. The van der Waals surface area contributed by atoms with Crippen LogP contribution in [0.5, 0.6) is 5.75 Å². The van der Waals surface area contributed by atoms with Gasteiger partial charge in [-0.15, -0.1) is 0 Å². The minimum Gasteiger partial charge on any atom is -0.491 e. The van der Waals surface area contributed by atoms with E-state index in [-0.39, 0.29) is 29.5 Å². The van der Waals surface area contributed by atoms with Crippen molar-refractivity contribution in [2.45, 2.75) is 133 Å². The SMILES string of the molecule is CCC(C)(C)C(c1c2ccccc2cc2ccc(-c3cc(OCCO)c4cccc(C(C5CC5(C)CC)C(C)(CC)CC)c4c3)cc12)C(C)(CC)CC. The quantitative estimate of drug-likeness (QED) is 0.103. The van der Waals surface area contributed by atoms with Gasteiger partial charge in [-0.1, -0.05) is 169 Å². The third kappa shape index (κ3) is 6.92. The maximum atomic E-state index is 9.92. The molecular weight excluding hydrogens is 645 g/mol. The molecule has 0 saturated heterocycles. The summed E-state index contributed by atoms with van der Waals surface area (Å²) in [5.74, 6) is 2.36. The molecule has 1 aliphatic carbocycles. The van der Waals surface area contributed by atoms with E-state index in [4.69, 9.17) is 4.74 Å². The van der Waals surface area contributed by atoms with Crippen LogP contribution in [0.4, 0.5) is 0 Å². The van der Waals surface area contributed by atoms with Gasteiger partial charge in [-0.05, 0) is 119 Å². The molecule has 1 aliphatic rings. The lowest BCUT2D eigenvalue weighted by molar-refractivity contribution is 0.112. The largest absolute Gasteiger partial charge is 0.491 e. The van der Waals surface area contributed by atoms with E-state index in [1.54, 1.807) is 0 Å². The molecule has 0 aliphatic heterocycles. The summed E-state index contributed by atoms with van der Waals surface area (Å²) in [5, 5.41) is 17.8. The number of rotatable bonds is 16. The Hall–Kier alpha value is -3.36. The van der Waals surface area contributed by atoms with Crippen molar-refractivity contribution in [3.63, 3.8) is 0 Å². The zero-order chi connectivity index (χ0) is 38.3. The van der Waals surface area contributed by atoms with Gasteiger partial charge in [0.1, 0.15) is 12.4 Å². The van der Waals surface area contributed by atoms with E-state index < -0.39 is 0 Å². The average Bonchev–Trinajstić information content (AvgIpc) is 3.86. The van der Waals surface area contributed by atoms with Crippen molar-refractivity contribution in [2.75, 3.05) is 13.2 Å². The van der Waals surface area contributed by atoms with Crippen LogP contribution in [0.3, 0.4) is 0 Å². The van der Waals surface area contributed by atoms with Crippen molar-refractivity contribution in [1.29, 1.82) is 0 Å². The van der Waals surface area contributed by atoms with Crippen LogP contribution in [0, 0.1) is 27.6 Å². The molecule has 4 unspecified atom stereocenters. The standard InChI is InChI=1S/C51H68O2/c1-12-48(7,8)47(50(10,15-4)16-5)45-38-22-19-18-21-35(38)29-36-26-25-34(30-41(36)45)37-31-42-39(44(32-37)53-28-27-52)23-20-24-40(42)46(49(9,13-2)14-3)43-33-51(43,11)17-6/h18-26,29-32,43,46-47,52H,12-17,27-28,33H2,1-11H3. The number of hydrogen-bond acceptors (Lipinski definition) is 2. The first-order valence-corrected chi connectivity index (χ1v) is 21.0. The molecule has 1 saturated carbocycles. The Morgan fingerprint density at radius 1 is 0.679 bits per heavy atom. The fourth-order valence-electron chi connectivity index (χ4n) is 10.4. The van der Waals surface area contributed by atoms with Crippen LogP contribution >= 0.6 is 0 Å². The molecule has 284 valence electrons. The van der Waals surface area contributed by atoms with Gasteiger partial charge in [0.15, 0.2) is 0 Å². The number of benzene rings is 5. The molecule has 0 amide bonds. The van der Waals surface area contributed by atoms with Crippen LogP contribution < -0.4 is 4.74 Å². The van der Waals surface area contributed by atoms with E-state index in [1.807, 2.05) is 0 Å². The van der Waals surface area contributed by atoms with E-state index in [9.17, 15) is 5.11 Å². The lowest BCUT2D eigenvalue weighted by Crippen LogP contribution is -2.35. The third-order valence-corrected chi connectivity index (χ3v) is 15.2. The van der Waals surface area contributed by atoms with Crippen molar-refractivity contribution in [2.24, 2.45) is 27.6 Å². The zero-order valence-electron chi connectivity index (χ0n) is 35.0. The molecule has 0 spiro atoms. The van der Waals surface area contributed by atoms with Gasteiger partial charge in [0.05, 0.1) is 6.61 Å². The molecule has 0 aromatic heterocycles. The Bertz CT molecular complexity index is 2060. The summed E-state index contributed by atoms with van der Waals surface area (Å²) in [6, 6.07) is 30.3. The number of fused-ring (bicyclic) bond motifs is 3. The van der Waals surface area contributed by atoms with Crippen molar-refractivity contribution in [3.8, 4) is 16.9 Å². The number of ether oxygens (including phenoxy) is 1. The molecule has 53 heavy (non-hydrogen) atoms. The molecule has 0 heterocycles. The summed E-state index contributed by atoms with van der Waals surface area (Å²) in [5.41, 5.74) is 6.20. The first-order valence-electron chi connectivity index (χ1n) is 21.0. The molecule has 0 radical (unpaired) electrons. The van der Waals surface area contributed by atoms with Crippen LogP contribution in [-0.4, -0.2) is 18.3 Å². The summed E-state index contributed by atoms with van der Waals surface area (Å²) in [6.07, 6.45) is 8.20. The van der Waals surface area contributed by atoms with E-state index in [0.29, 0.717) is 23.2 Å². The maximum Gasteiger partial charge on any atom is 0.127 e. The molecule has 4 atom stereocenters. The fourth-order valence-corrected chi connectivity index (χ4v) is 10.4. The minimum absolute atomic E-state index is 0.0106. The van der Waals surface area contributed by atoms with Crippen LogP contribution in [0.15, 0.2) is 78.9 Å². The molecule has 6 rings (SSSR count). The highest BCUT2D eigenvalue weighted by atomic mass is 16.5. The van der Waals surface area contributed by atoms with Crippen LogP contribution in [0.25, 0.3) is 43.4 Å². The predicted octanol–water partition coefficient (Wildman–Crippen LogP) is 14.9. The summed E-state index contributed by atoms with van der Waals surface area (Å²) >= 11 is 0. The van der Waals surface area contributed by atoms with E-state index in [2.05, 4.69) is 155 Å². The first kappa shape index (κ1) is 39.3. The van der Waals surface area contributed by atoms with Crippen molar-refractivity contribution >= 4 is 32.3 Å². The number of aliphatic hydroxyl groups is 1. The Balaban J connectivity index is 1.66. The third-order valence-electron chi connectivity index (χ3n) is 15.2. The van der Waals surface area contributed by atoms with Gasteiger partial charge in [0, 0.05) is 5.39 Å². The minimum atomic E-state index is -0.0106. The maximum absolute atomic E-state index is 9.92. The molecule has 2 heteroatoms. The molecular formula is C51H68O2. The van der Waals surface area contributed by atoms with Crippen LogP contribution in [0.2, 0.25) is 0 Å². The van der Waals surface area contributed by atoms with Gasteiger partial charge < -0.3 is 9.84 Å². The highest BCUT2D eigenvalue weighted by Crippen LogP contribution is 2.66.